The molecule has 1 aliphatic carbocycles. The van der Waals surface area contributed by atoms with Crippen molar-refractivity contribution in [3.05, 3.63) is 47.5 Å². The second-order valence-electron chi connectivity index (χ2n) is 6.67. The van der Waals surface area contributed by atoms with E-state index in [-0.39, 0.29) is 24.6 Å². The highest BCUT2D eigenvalue weighted by Gasteiger charge is 2.35. The number of carbonyl (C=O) groups excluding carboxylic acids is 1. The minimum absolute atomic E-state index is 0.00670. The van der Waals surface area contributed by atoms with Crippen molar-refractivity contribution in [2.45, 2.75) is 51.8 Å². The summed E-state index contributed by atoms with van der Waals surface area (Å²) in [5.41, 5.74) is 2.84. The van der Waals surface area contributed by atoms with Crippen LogP contribution in [-0.4, -0.2) is 37.9 Å². The SMILES string of the molecule is Cc1cc(C)n(CC(=O)N[C@H](Cc2ccccn2)C2CC(O)C2)n1. The van der Waals surface area contributed by atoms with Gasteiger partial charge in [0.1, 0.15) is 6.54 Å². The monoisotopic (exact) mass is 328 g/mol. The molecule has 1 amide bonds. The number of nitrogens with one attached hydrogen (secondary N) is 1. The number of aryl methyl sites for hydroxylation is 2. The molecule has 2 aromatic rings. The van der Waals surface area contributed by atoms with Gasteiger partial charge in [-0.25, -0.2) is 0 Å². The first-order chi connectivity index (χ1) is 11.5. The van der Waals surface area contributed by atoms with Crippen LogP contribution in [0.25, 0.3) is 0 Å². The molecule has 2 heterocycles. The van der Waals surface area contributed by atoms with Crippen LogP contribution in [0.5, 0.6) is 0 Å². The molecule has 0 aromatic carbocycles. The Balaban J connectivity index is 1.64. The van der Waals surface area contributed by atoms with E-state index in [9.17, 15) is 9.90 Å². The van der Waals surface area contributed by atoms with E-state index in [2.05, 4.69) is 15.4 Å². The van der Waals surface area contributed by atoms with Gasteiger partial charge in [-0.1, -0.05) is 6.07 Å². The quantitative estimate of drug-likeness (QED) is 0.840. The molecule has 0 spiro atoms. The summed E-state index contributed by atoms with van der Waals surface area (Å²) in [5, 5.41) is 17.1. The Kier molecular flexibility index (Phi) is 4.94. The smallest absolute Gasteiger partial charge is 0.241 e. The zero-order valence-corrected chi connectivity index (χ0v) is 14.1. The molecule has 1 aliphatic rings. The molecular weight excluding hydrogens is 304 g/mol. The maximum absolute atomic E-state index is 12.4. The summed E-state index contributed by atoms with van der Waals surface area (Å²) in [6.45, 7) is 4.08. The Labute approximate surface area is 141 Å². The van der Waals surface area contributed by atoms with Crippen LogP contribution in [0.1, 0.15) is 29.9 Å². The van der Waals surface area contributed by atoms with Crippen LogP contribution in [-0.2, 0) is 17.8 Å². The van der Waals surface area contributed by atoms with Gasteiger partial charge in [-0.2, -0.15) is 5.10 Å². The van der Waals surface area contributed by atoms with Crippen molar-refractivity contribution in [1.29, 1.82) is 0 Å². The van der Waals surface area contributed by atoms with E-state index in [1.807, 2.05) is 38.1 Å². The molecule has 6 nitrogen and oxygen atoms in total. The Morgan fingerprint density at radius 2 is 2.21 bits per heavy atom. The molecule has 6 heteroatoms. The van der Waals surface area contributed by atoms with Crippen LogP contribution in [0, 0.1) is 19.8 Å². The number of aliphatic hydroxyl groups excluding tert-OH is 1. The van der Waals surface area contributed by atoms with Crippen molar-refractivity contribution < 1.29 is 9.90 Å². The van der Waals surface area contributed by atoms with Gasteiger partial charge in [0.25, 0.3) is 0 Å². The molecule has 0 radical (unpaired) electrons. The number of carbonyl (C=O) groups is 1. The Morgan fingerprint density at radius 1 is 1.42 bits per heavy atom. The number of aromatic nitrogens is 3. The fraction of sp³-hybridized carbons (Fsp3) is 0.500. The highest BCUT2D eigenvalue weighted by atomic mass is 16.3. The van der Waals surface area contributed by atoms with E-state index in [1.54, 1.807) is 10.9 Å². The molecule has 2 N–H and O–H groups in total. The predicted molar refractivity (Wildman–Crippen MR) is 90.3 cm³/mol. The van der Waals surface area contributed by atoms with Gasteiger partial charge >= 0.3 is 0 Å². The lowest BCUT2D eigenvalue weighted by Crippen LogP contribution is -2.49. The number of pyridine rings is 1. The average molecular weight is 328 g/mol. The predicted octanol–water partition coefficient (Wildman–Crippen LogP) is 1.39. The normalized spacial score (nSPS) is 21.1. The fourth-order valence-electron chi connectivity index (χ4n) is 3.26. The summed E-state index contributed by atoms with van der Waals surface area (Å²) in [6.07, 6.45) is 3.67. The summed E-state index contributed by atoms with van der Waals surface area (Å²) < 4.78 is 1.72. The first-order valence-corrected chi connectivity index (χ1v) is 8.39. The lowest BCUT2D eigenvalue weighted by Gasteiger charge is -2.38. The van der Waals surface area contributed by atoms with Gasteiger partial charge in [-0.05, 0) is 50.8 Å². The van der Waals surface area contributed by atoms with Crippen LogP contribution >= 0.6 is 0 Å². The number of hydrogen-bond acceptors (Lipinski definition) is 4. The molecule has 1 atom stereocenters. The van der Waals surface area contributed by atoms with Gasteiger partial charge in [0.15, 0.2) is 0 Å². The molecular formula is C18H24N4O2. The molecule has 3 rings (SSSR count). The molecule has 128 valence electrons. The highest BCUT2D eigenvalue weighted by molar-refractivity contribution is 5.76. The van der Waals surface area contributed by atoms with Gasteiger partial charge < -0.3 is 10.4 Å². The van der Waals surface area contributed by atoms with Crippen LogP contribution in [0.15, 0.2) is 30.5 Å². The largest absolute Gasteiger partial charge is 0.393 e. The number of aliphatic hydroxyl groups is 1. The van der Waals surface area contributed by atoms with Crippen LogP contribution in [0.3, 0.4) is 0 Å². The van der Waals surface area contributed by atoms with Gasteiger partial charge in [-0.3, -0.25) is 14.5 Å². The summed E-state index contributed by atoms with van der Waals surface area (Å²) in [5.74, 6) is 0.245. The lowest BCUT2D eigenvalue weighted by atomic mass is 9.76. The van der Waals surface area contributed by atoms with E-state index < -0.39 is 0 Å². The minimum Gasteiger partial charge on any atom is -0.393 e. The minimum atomic E-state index is -0.242. The molecule has 1 fully saturated rings. The van der Waals surface area contributed by atoms with Crippen molar-refractivity contribution >= 4 is 5.91 Å². The molecule has 0 saturated heterocycles. The number of nitrogens with zero attached hydrogens (tertiary/aromatic N) is 3. The number of hydrogen-bond donors (Lipinski definition) is 2. The highest BCUT2D eigenvalue weighted by Crippen LogP contribution is 2.31. The summed E-state index contributed by atoms with van der Waals surface area (Å²) in [7, 11) is 0. The zero-order valence-electron chi connectivity index (χ0n) is 14.1. The Morgan fingerprint density at radius 3 is 2.79 bits per heavy atom. The third kappa shape index (κ3) is 4.00. The number of rotatable bonds is 6. The average Bonchev–Trinajstić information content (AvgIpc) is 2.82. The molecule has 0 bridgehead atoms. The standard InChI is InChI=1S/C18H24N4O2/c1-12-7-13(2)22(21-12)11-18(24)20-17(14-8-16(23)9-14)10-15-5-3-4-6-19-15/h3-7,14,16-17,23H,8-11H2,1-2H3,(H,20,24)/t14?,16?,17-/m1/s1. The van der Waals surface area contributed by atoms with E-state index >= 15 is 0 Å². The maximum Gasteiger partial charge on any atom is 0.241 e. The van der Waals surface area contributed by atoms with E-state index in [0.29, 0.717) is 12.3 Å². The molecule has 0 aliphatic heterocycles. The van der Waals surface area contributed by atoms with Crippen molar-refractivity contribution in [2.24, 2.45) is 5.92 Å². The summed E-state index contributed by atoms with van der Waals surface area (Å²) in [6, 6.07) is 7.75. The van der Waals surface area contributed by atoms with Crippen LogP contribution < -0.4 is 5.32 Å². The van der Waals surface area contributed by atoms with Gasteiger partial charge in [0, 0.05) is 30.0 Å². The van der Waals surface area contributed by atoms with Crippen molar-refractivity contribution in [3.8, 4) is 0 Å². The lowest BCUT2D eigenvalue weighted by molar-refractivity contribution is -0.123. The van der Waals surface area contributed by atoms with Crippen molar-refractivity contribution in [3.63, 3.8) is 0 Å². The molecule has 0 unspecified atom stereocenters. The maximum atomic E-state index is 12.4. The third-order valence-corrected chi connectivity index (χ3v) is 4.62. The second kappa shape index (κ2) is 7.13. The Hall–Kier alpha value is -2.21. The third-order valence-electron chi connectivity index (χ3n) is 4.62. The van der Waals surface area contributed by atoms with Crippen LogP contribution in [0.4, 0.5) is 0 Å². The summed E-state index contributed by atoms with van der Waals surface area (Å²) >= 11 is 0. The van der Waals surface area contributed by atoms with Gasteiger partial charge in [0.2, 0.25) is 5.91 Å². The molecule has 1 saturated carbocycles. The van der Waals surface area contributed by atoms with Crippen LogP contribution in [0.2, 0.25) is 0 Å². The fourth-order valence-corrected chi connectivity index (χ4v) is 3.26. The summed E-state index contributed by atoms with van der Waals surface area (Å²) in [4.78, 5) is 16.8. The Bertz CT molecular complexity index is 692. The van der Waals surface area contributed by atoms with E-state index in [1.165, 1.54) is 0 Å². The second-order valence-corrected chi connectivity index (χ2v) is 6.67. The van der Waals surface area contributed by atoms with E-state index in [4.69, 9.17) is 0 Å². The first-order valence-electron chi connectivity index (χ1n) is 8.39. The van der Waals surface area contributed by atoms with Gasteiger partial charge in [-0.15, -0.1) is 0 Å². The zero-order chi connectivity index (χ0) is 17.1. The molecule has 2 aromatic heterocycles. The topological polar surface area (TPSA) is 80.0 Å². The van der Waals surface area contributed by atoms with Gasteiger partial charge in [0.05, 0.1) is 11.8 Å². The first kappa shape index (κ1) is 16.6. The molecule has 24 heavy (non-hydrogen) atoms. The van der Waals surface area contributed by atoms with E-state index in [0.717, 1.165) is 29.9 Å². The van der Waals surface area contributed by atoms with Crippen molar-refractivity contribution in [1.82, 2.24) is 20.1 Å². The number of amides is 1. The van der Waals surface area contributed by atoms with Crippen molar-refractivity contribution in [2.75, 3.05) is 0 Å².